The van der Waals surface area contributed by atoms with E-state index >= 15 is 0 Å². The Balaban J connectivity index is 1.61. The summed E-state index contributed by atoms with van der Waals surface area (Å²) in [5.41, 5.74) is 0.514. The number of rotatable bonds is 4. The first kappa shape index (κ1) is 17.2. The summed E-state index contributed by atoms with van der Waals surface area (Å²) in [5.74, 6) is 0.0708. The third-order valence-electron chi connectivity index (χ3n) is 4.56. The number of hydrogen-bond donors (Lipinski definition) is 0. The number of likely N-dealkylation sites (N-methyl/N-ethyl adjacent to an activating group) is 1. The van der Waals surface area contributed by atoms with E-state index in [1.54, 1.807) is 23.1 Å². The number of piperazine rings is 1. The van der Waals surface area contributed by atoms with Gasteiger partial charge in [0.15, 0.2) is 0 Å². The van der Waals surface area contributed by atoms with Crippen molar-refractivity contribution in [3.05, 3.63) is 35.6 Å². The van der Waals surface area contributed by atoms with Gasteiger partial charge in [-0.2, -0.15) is 0 Å². The van der Waals surface area contributed by atoms with Crippen LogP contribution in [0.2, 0.25) is 0 Å². The van der Waals surface area contributed by atoms with E-state index in [2.05, 4.69) is 4.90 Å². The molecule has 2 aliphatic rings. The van der Waals surface area contributed by atoms with E-state index in [-0.39, 0.29) is 23.0 Å². The summed E-state index contributed by atoms with van der Waals surface area (Å²) in [6.07, 6.45) is 0.293. The van der Waals surface area contributed by atoms with Gasteiger partial charge >= 0.3 is 0 Å². The van der Waals surface area contributed by atoms with Gasteiger partial charge in [0.05, 0.1) is 5.75 Å². The summed E-state index contributed by atoms with van der Waals surface area (Å²) in [4.78, 5) is 30.2. The first-order chi connectivity index (χ1) is 11.6. The van der Waals surface area contributed by atoms with Crippen molar-refractivity contribution in [2.45, 2.75) is 11.8 Å². The molecule has 0 aliphatic carbocycles. The van der Waals surface area contributed by atoms with Gasteiger partial charge in [-0.05, 0) is 13.1 Å². The lowest BCUT2D eigenvalue weighted by molar-refractivity contribution is -0.134. The summed E-state index contributed by atoms with van der Waals surface area (Å²) in [6, 6.07) is 6.53. The fourth-order valence-corrected chi connectivity index (χ4v) is 4.30. The highest BCUT2D eigenvalue weighted by Crippen LogP contribution is 2.39. The van der Waals surface area contributed by atoms with Crippen LogP contribution in [-0.2, 0) is 9.59 Å². The first-order valence-electron chi connectivity index (χ1n) is 8.18. The van der Waals surface area contributed by atoms with Crippen molar-refractivity contribution in [3.63, 3.8) is 0 Å². The van der Waals surface area contributed by atoms with Crippen LogP contribution in [0, 0.1) is 5.82 Å². The van der Waals surface area contributed by atoms with E-state index < -0.39 is 0 Å². The van der Waals surface area contributed by atoms with Crippen molar-refractivity contribution in [2.75, 3.05) is 45.5 Å². The Bertz CT molecular complexity index is 620. The predicted octanol–water partition coefficient (Wildman–Crippen LogP) is 1.56. The van der Waals surface area contributed by atoms with Crippen molar-refractivity contribution in [2.24, 2.45) is 0 Å². The molecule has 0 radical (unpaired) electrons. The molecule has 5 nitrogen and oxygen atoms in total. The lowest BCUT2D eigenvalue weighted by Crippen LogP contribution is -2.47. The minimum atomic E-state index is -0.334. The smallest absolute Gasteiger partial charge is 0.233 e. The Hall–Kier alpha value is -1.60. The number of carbonyl (C=O) groups excluding carboxylic acids is 2. The minimum Gasteiger partial charge on any atom is -0.340 e. The van der Waals surface area contributed by atoms with Gasteiger partial charge in [0, 0.05) is 44.7 Å². The van der Waals surface area contributed by atoms with Gasteiger partial charge in [-0.1, -0.05) is 18.2 Å². The van der Waals surface area contributed by atoms with Gasteiger partial charge in [-0.15, -0.1) is 11.8 Å². The normalized spacial score (nSPS) is 22.2. The van der Waals surface area contributed by atoms with E-state index in [0.29, 0.717) is 24.3 Å². The Labute approximate surface area is 145 Å². The molecule has 0 bridgehead atoms. The van der Waals surface area contributed by atoms with Gasteiger partial charge in [0.1, 0.15) is 11.2 Å². The number of halogens is 1. The number of amides is 2. The second-order valence-electron chi connectivity index (χ2n) is 6.21. The Morgan fingerprint density at radius 2 is 1.96 bits per heavy atom. The summed E-state index contributed by atoms with van der Waals surface area (Å²) >= 11 is 1.42. The van der Waals surface area contributed by atoms with Gasteiger partial charge in [-0.3, -0.25) is 9.59 Å². The highest BCUT2D eigenvalue weighted by Gasteiger charge is 2.34. The molecule has 24 heavy (non-hydrogen) atoms. The highest BCUT2D eigenvalue weighted by molar-refractivity contribution is 8.00. The van der Waals surface area contributed by atoms with Crippen molar-refractivity contribution in [1.82, 2.24) is 14.7 Å². The maximum Gasteiger partial charge on any atom is 0.233 e. The quantitative estimate of drug-likeness (QED) is 0.826. The molecule has 130 valence electrons. The number of nitrogens with zero attached hydrogens (tertiary/aromatic N) is 3. The van der Waals surface area contributed by atoms with Crippen molar-refractivity contribution in [3.8, 4) is 0 Å². The summed E-state index contributed by atoms with van der Waals surface area (Å²) in [7, 11) is 2.04. The molecule has 1 aromatic carbocycles. The predicted molar refractivity (Wildman–Crippen MR) is 92.0 cm³/mol. The van der Waals surface area contributed by atoms with Crippen LogP contribution in [0.1, 0.15) is 17.4 Å². The Morgan fingerprint density at radius 1 is 1.25 bits per heavy atom. The third-order valence-corrected chi connectivity index (χ3v) is 5.80. The molecule has 2 heterocycles. The molecule has 3 rings (SSSR count). The molecule has 2 aliphatic heterocycles. The third kappa shape index (κ3) is 3.72. The molecule has 0 spiro atoms. The number of benzene rings is 1. The maximum absolute atomic E-state index is 14.0. The second-order valence-corrected chi connectivity index (χ2v) is 7.27. The molecule has 0 N–H and O–H groups in total. The number of thioether (sulfide) groups is 1. The topological polar surface area (TPSA) is 43.9 Å². The molecule has 2 amide bonds. The molecule has 7 heteroatoms. The first-order valence-corrected chi connectivity index (χ1v) is 9.23. The lowest BCUT2D eigenvalue weighted by atomic mass is 10.2. The van der Waals surface area contributed by atoms with Crippen LogP contribution in [0.5, 0.6) is 0 Å². The zero-order valence-electron chi connectivity index (χ0n) is 13.8. The summed E-state index contributed by atoms with van der Waals surface area (Å²) in [6.45, 7) is 3.56. The van der Waals surface area contributed by atoms with Gasteiger partial charge < -0.3 is 14.7 Å². The maximum atomic E-state index is 14.0. The minimum absolute atomic E-state index is 0.0283. The summed E-state index contributed by atoms with van der Waals surface area (Å²) < 4.78 is 14.0. The average molecular weight is 351 g/mol. The van der Waals surface area contributed by atoms with Crippen LogP contribution in [0.3, 0.4) is 0 Å². The average Bonchev–Trinajstić information content (AvgIpc) is 2.94. The number of hydrogen-bond acceptors (Lipinski definition) is 4. The van der Waals surface area contributed by atoms with E-state index in [4.69, 9.17) is 0 Å². The van der Waals surface area contributed by atoms with Gasteiger partial charge in [0.2, 0.25) is 11.8 Å². The van der Waals surface area contributed by atoms with E-state index in [0.717, 1.165) is 26.2 Å². The Morgan fingerprint density at radius 3 is 2.67 bits per heavy atom. The van der Waals surface area contributed by atoms with Crippen molar-refractivity contribution < 1.29 is 14.0 Å². The number of carbonyl (C=O) groups is 2. The SMILES string of the molecule is CN1CCN(C(=O)CCN2C(=O)CSC2c2ccccc2F)CC1. The van der Waals surface area contributed by atoms with E-state index in [1.807, 2.05) is 11.9 Å². The highest BCUT2D eigenvalue weighted by atomic mass is 32.2. The molecule has 1 aromatic rings. The van der Waals surface area contributed by atoms with Crippen LogP contribution in [0.4, 0.5) is 4.39 Å². The molecule has 2 fully saturated rings. The zero-order valence-corrected chi connectivity index (χ0v) is 14.6. The van der Waals surface area contributed by atoms with Crippen LogP contribution in [0.25, 0.3) is 0 Å². The molecule has 1 unspecified atom stereocenters. The van der Waals surface area contributed by atoms with Gasteiger partial charge in [0.25, 0.3) is 0 Å². The van der Waals surface area contributed by atoms with Crippen molar-refractivity contribution >= 4 is 23.6 Å². The van der Waals surface area contributed by atoms with Crippen LogP contribution >= 0.6 is 11.8 Å². The van der Waals surface area contributed by atoms with Crippen LogP contribution < -0.4 is 0 Å². The zero-order chi connectivity index (χ0) is 17.1. The molecule has 1 atom stereocenters. The standard InChI is InChI=1S/C17H22FN3O2S/c1-19-8-10-20(11-9-19)15(22)6-7-21-16(23)12-24-17(21)13-4-2-3-5-14(13)18/h2-5,17H,6-12H2,1H3. The lowest BCUT2D eigenvalue weighted by Gasteiger charge is -2.33. The molecule has 2 saturated heterocycles. The monoisotopic (exact) mass is 351 g/mol. The largest absolute Gasteiger partial charge is 0.340 e. The second kappa shape index (κ2) is 7.53. The molecule has 0 aromatic heterocycles. The molecular formula is C17H22FN3O2S. The summed E-state index contributed by atoms with van der Waals surface area (Å²) in [5, 5.41) is -0.334. The van der Waals surface area contributed by atoms with E-state index in [1.165, 1.54) is 17.8 Å². The Kier molecular flexibility index (Phi) is 5.40. The van der Waals surface area contributed by atoms with Crippen LogP contribution in [-0.4, -0.2) is 72.0 Å². The fourth-order valence-electron chi connectivity index (χ4n) is 3.06. The molecular weight excluding hydrogens is 329 g/mol. The molecule has 0 saturated carbocycles. The van der Waals surface area contributed by atoms with Crippen LogP contribution in [0.15, 0.2) is 24.3 Å². The van der Waals surface area contributed by atoms with Gasteiger partial charge in [-0.25, -0.2) is 4.39 Å². The fraction of sp³-hybridized carbons (Fsp3) is 0.529. The van der Waals surface area contributed by atoms with Crippen molar-refractivity contribution in [1.29, 1.82) is 0 Å². The van der Waals surface area contributed by atoms with E-state index in [9.17, 15) is 14.0 Å².